The molecule has 8 nitrogen and oxygen atoms in total. The van der Waals surface area contributed by atoms with E-state index in [2.05, 4.69) is 11.4 Å². The zero-order valence-electron chi connectivity index (χ0n) is 24.9. The third kappa shape index (κ3) is 9.53. The van der Waals surface area contributed by atoms with E-state index < -0.39 is 28.5 Å². The first-order valence-electron chi connectivity index (χ1n) is 14.7. The van der Waals surface area contributed by atoms with Crippen LogP contribution in [-0.2, 0) is 32.7 Å². The standard InChI is InChI=1S/C34H41N3O5S/c1-42-31-20-18-29(19-21-31)25-37(32(38)26-36(43(2,40)41)24-28-14-8-4-9-15-28)33(30-16-10-5-11-17-30)34(39)35-23-22-27-12-6-3-7-13-27/h4-5,8-12,14-21,33H,3,6-7,13,22-26H2,1-2H3,(H,35,39). The molecular formula is C34H41N3O5S. The van der Waals surface area contributed by atoms with Crippen molar-refractivity contribution in [2.45, 2.75) is 51.2 Å². The number of hydrogen-bond donors (Lipinski definition) is 1. The van der Waals surface area contributed by atoms with Crippen molar-refractivity contribution in [1.29, 1.82) is 0 Å². The van der Waals surface area contributed by atoms with Crippen LogP contribution in [0.4, 0.5) is 0 Å². The van der Waals surface area contributed by atoms with Crippen molar-refractivity contribution >= 4 is 21.8 Å². The summed E-state index contributed by atoms with van der Waals surface area (Å²) >= 11 is 0. The third-order valence-electron chi connectivity index (χ3n) is 7.62. The first-order chi connectivity index (χ1) is 20.7. The Morgan fingerprint density at radius 3 is 2.14 bits per heavy atom. The number of allylic oxidation sites excluding steroid dienone is 1. The summed E-state index contributed by atoms with van der Waals surface area (Å²) < 4.78 is 32.1. The molecule has 0 aromatic heterocycles. The lowest BCUT2D eigenvalue weighted by Gasteiger charge is -2.33. The maximum atomic E-state index is 14.2. The van der Waals surface area contributed by atoms with Crippen LogP contribution in [0.3, 0.4) is 0 Å². The molecule has 0 radical (unpaired) electrons. The second kappa shape index (κ2) is 15.5. The van der Waals surface area contributed by atoms with Crippen molar-refractivity contribution in [3.8, 4) is 5.75 Å². The highest BCUT2D eigenvalue weighted by molar-refractivity contribution is 7.88. The molecule has 3 aromatic rings. The highest BCUT2D eigenvalue weighted by Crippen LogP contribution is 2.26. The molecule has 1 N–H and O–H groups in total. The number of hydrogen-bond acceptors (Lipinski definition) is 5. The smallest absolute Gasteiger partial charge is 0.247 e. The lowest BCUT2D eigenvalue weighted by atomic mass is 9.97. The van der Waals surface area contributed by atoms with Gasteiger partial charge >= 0.3 is 0 Å². The van der Waals surface area contributed by atoms with Gasteiger partial charge in [0.25, 0.3) is 0 Å². The molecule has 0 saturated heterocycles. The molecule has 2 amide bonds. The Bertz CT molecular complexity index is 1480. The number of rotatable bonds is 14. The van der Waals surface area contributed by atoms with Crippen molar-refractivity contribution in [1.82, 2.24) is 14.5 Å². The van der Waals surface area contributed by atoms with Crippen LogP contribution in [0.2, 0.25) is 0 Å². The lowest BCUT2D eigenvalue weighted by molar-refractivity contribution is -0.141. The van der Waals surface area contributed by atoms with E-state index in [4.69, 9.17) is 4.74 Å². The summed E-state index contributed by atoms with van der Waals surface area (Å²) in [6.07, 6.45) is 8.59. The van der Waals surface area contributed by atoms with Crippen LogP contribution in [0.5, 0.6) is 5.75 Å². The van der Waals surface area contributed by atoms with E-state index in [1.807, 2.05) is 72.8 Å². The van der Waals surface area contributed by atoms with Gasteiger partial charge in [0.15, 0.2) is 0 Å². The van der Waals surface area contributed by atoms with Crippen molar-refractivity contribution in [2.75, 3.05) is 26.5 Å². The number of ether oxygens (including phenoxy) is 1. The van der Waals surface area contributed by atoms with Gasteiger partial charge in [-0.3, -0.25) is 9.59 Å². The fourth-order valence-corrected chi connectivity index (χ4v) is 5.98. The number of nitrogens with zero attached hydrogens (tertiary/aromatic N) is 2. The van der Waals surface area contributed by atoms with E-state index in [9.17, 15) is 18.0 Å². The zero-order valence-corrected chi connectivity index (χ0v) is 25.8. The number of carbonyl (C=O) groups excluding carboxylic acids is 2. The lowest BCUT2D eigenvalue weighted by Crippen LogP contribution is -2.47. The number of benzene rings is 3. The molecule has 1 aliphatic rings. The molecular weight excluding hydrogens is 562 g/mol. The largest absolute Gasteiger partial charge is 0.497 e. The van der Waals surface area contributed by atoms with Gasteiger partial charge in [0.05, 0.1) is 19.9 Å². The van der Waals surface area contributed by atoms with E-state index >= 15 is 0 Å². The van der Waals surface area contributed by atoms with E-state index in [-0.39, 0.29) is 19.0 Å². The summed E-state index contributed by atoms with van der Waals surface area (Å²) in [5.74, 6) is -0.114. The first-order valence-corrected chi connectivity index (χ1v) is 16.5. The minimum Gasteiger partial charge on any atom is -0.497 e. The number of sulfonamides is 1. The number of methoxy groups -OCH3 is 1. The van der Waals surface area contributed by atoms with Crippen LogP contribution < -0.4 is 10.1 Å². The maximum absolute atomic E-state index is 14.2. The molecule has 1 aliphatic carbocycles. The van der Waals surface area contributed by atoms with Gasteiger partial charge in [-0.2, -0.15) is 4.31 Å². The van der Waals surface area contributed by atoms with Crippen LogP contribution in [0, 0.1) is 0 Å². The predicted octanol–water partition coefficient (Wildman–Crippen LogP) is 5.23. The number of nitrogens with one attached hydrogen (secondary N) is 1. The van der Waals surface area contributed by atoms with Crippen LogP contribution >= 0.6 is 0 Å². The minimum atomic E-state index is -3.75. The van der Waals surface area contributed by atoms with Crippen molar-refractivity contribution in [2.24, 2.45) is 0 Å². The Hall–Kier alpha value is -3.95. The van der Waals surface area contributed by atoms with Gasteiger partial charge in [-0.05, 0) is 60.9 Å². The molecule has 0 heterocycles. The Morgan fingerprint density at radius 2 is 1.53 bits per heavy atom. The Morgan fingerprint density at radius 1 is 0.884 bits per heavy atom. The molecule has 1 unspecified atom stereocenters. The summed E-state index contributed by atoms with van der Waals surface area (Å²) in [4.78, 5) is 29.6. The Balaban J connectivity index is 1.65. The molecule has 1 atom stereocenters. The van der Waals surface area contributed by atoms with Gasteiger partial charge in [0, 0.05) is 19.6 Å². The van der Waals surface area contributed by atoms with E-state index in [0.717, 1.165) is 47.4 Å². The summed E-state index contributed by atoms with van der Waals surface area (Å²) in [6.45, 7) is 0.193. The minimum absolute atomic E-state index is 0.0408. The Kier molecular flexibility index (Phi) is 11.5. The molecule has 0 saturated carbocycles. The maximum Gasteiger partial charge on any atom is 0.247 e. The zero-order chi connectivity index (χ0) is 30.7. The number of amides is 2. The van der Waals surface area contributed by atoms with E-state index in [0.29, 0.717) is 17.9 Å². The molecule has 43 heavy (non-hydrogen) atoms. The van der Waals surface area contributed by atoms with E-state index in [1.165, 1.54) is 16.9 Å². The average molecular weight is 604 g/mol. The molecule has 0 fully saturated rings. The topological polar surface area (TPSA) is 96.0 Å². The van der Waals surface area contributed by atoms with E-state index in [1.54, 1.807) is 19.2 Å². The predicted molar refractivity (Wildman–Crippen MR) is 169 cm³/mol. The van der Waals surface area contributed by atoms with Crippen molar-refractivity contribution in [3.05, 3.63) is 113 Å². The molecule has 0 aliphatic heterocycles. The SMILES string of the molecule is COc1ccc(CN(C(=O)CN(Cc2ccccc2)S(C)(=O)=O)C(C(=O)NCCC2=CCCCC2)c2ccccc2)cc1. The molecule has 3 aromatic carbocycles. The fourth-order valence-electron chi connectivity index (χ4n) is 5.25. The summed E-state index contributed by atoms with van der Waals surface area (Å²) in [7, 11) is -2.17. The first kappa shape index (κ1) is 32.0. The molecule has 0 spiro atoms. The van der Waals surface area contributed by atoms with Crippen LogP contribution in [-0.4, -0.2) is 55.9 Å². The van der Waals surface area contributed by atoms with Crippen molar-refractivity contribution < 1.29 is 22.7 Å². The van der Waals surface area contributed by atoms with Crippen LogP contribution in [0.25, 0.3) is 0 Å². The molecule has 228 valence electrons. The van der Waals surface area contributed by atoms with Crippen LogP contribution in [0.15, 0.2) is 96.6 Å². The quantitative estimate of drug-likeness (QED) is 0.255. The van der Waals surface area contributed by atoms with Gasteiger partial charge in [-0.1, -0.05) is 84.4 Å². The van der Waals surface area contributed by atoms with Gasteiger partial charge in [0.2, 0.25) is 21.8 Å². The third-order valence-corrected chi connectivity index (χ3v) is 8.82. The second-order valence-electron chi connectivity index (χ2n) is 10.8. The second-order valence-corrected chi connectivity index (χ2v) is 12.8. The summed E-state index contributed by atoms with van der Waals surface area (Å²) in [5.41, 5.74) is 3.53. The normalized spacial score (nSPS) is 14.1. The highest BCUT2D eigenvalue weighted by atomic mass is 32.2. The van der Waals surface area contributed by atoms with Crippen molar-refractivity contribution in [3.63, 3.8) is 0 Å². The van der Waals surface area contributed by atoms with Gasteiger partial charge < -0.3 is 15.0 Å². The van der Waals surface area contributed by atoms with Gasteiger partial charge in [-0.25, -0.2) is 8.42 Å². The number of carbonyl (C=O) groups is 2. The molecule has 9 heteroatoms. The molecule has 0 bridgehead atoms. The van der Waals surface area contributed by atoms with Gasteiger partial charge in [-0.15, -0.1) is 0 Å². The fraction of sp³-hybridized carbons (Fsp3) is 0.353. The summed E-state index contributed by atoms with van der Waals surface area (Å²) in [6, 6.07) is 24.6. The monoisotopic (exact) mass is 603 g/mol. The molecule has 4 rings (SSSR count). The average Bonchev–Trinajstić information content (AvgIpc) is 3.02. The highest BCUT2D eigenvalue weighted by Gasteiger charge is 2.33. The van der Waals surface area contributed by atoms with Crippen LogP contribution in [0.1, 0.15) is 54.8 Å². The van der Waals surface area contributed by atoms with Gasteiger partial charge in [0.1, 0.15) is 11.8 Å². The summed E-state index contributed by atoms with van der Waals surface area (Å²) in [5, 5.41) is 3.07. The Labute approximate surface area is 255 Å².